The molecule has 0 radical (unpaired) electrons. The van der Waals surface area contributed by atoms with Crippen LogP contribution in [0.15, 0.2) is 42.5 Å². The molecule has 3 aromatic rings. The number of imidazole rings is 1. The van der Waals surface area contributed by atoms with E-state index in [9.17, 15) is 0 Å². The molecule has 0 unspecified atom stereocenters. The minimum atomic E-state index is 0.738. The maximum absolute atomic E-state index is 5.96. The van der Waals surface area contributed by atoms with Crippen molar-refractivity contribution in [3.05, 3.63) is 47.5 Å². The summed E-state index contributed by atoms with van der Waals surface area (Å²) in [4.78, 5) is 12.9. The van der Waals surface area contributed by atoms with E-state index in [0.717, 1.165) is 53.6 Å². The van der Waals surface area contributed by atoms with Gasteiger partial charge in [0.25, 0.3) is 0 Å². The molecule has 0 amide bonds. The molecule has 2 aromatic carbocycles. The molecule has 1 fully saturated rings. The molecule has 0 spiro atoms. The first-order valence-electron chi connectivity index (χ1n) is 7.88. The van der Waals surface area contributed by atoms with Gasteiger partial charge in [0.05, 0.1) is 11.0 Å². The number of benzene rings is 2. The van der Waals surface area contributed by atoms with Gasteiger partial charge < -0.3 is 14.8 Å². The lowest BCUT2D eigenvalue weighted by Gasteiger charge is -2.34. The number of fused-ring (bicyclic) bond motifs is 1. The quantitative estimate of drug-likeness (QED) is 0.781. The third-order valence-corrected chi connectivity index (χ3v) is 4.70. The van der Waals surface area contributed by atoms with E-state index in [1.807, 2.05) is 24.3 Å². The van der Waals surface area contributed by atoms with Gasteiger partial charge in [0.2, 0.25) is 0 Å². The molecule has 4 rings (SSSR count). The van der Waals surface area contributed by atoms with Gasteiger partial charge in [0, 0.05) is 42.5 Å². The highest BCUT2D eigenvalue weighted by Gasteiger charge is 2.15. The maximum Gasteiger partial charge on any atom is 0.138 e. The number of H-pyrrole nitrogens is 1. The molecule has 0 saturated carbocycles. The number of hydrogen-bond acceptors (Lipinski definition) is 3. The summed E-state index contributed by atoms with van der Waals surface area (Å²) in [6, 6.07) is 14.2. The summed E-state index contributed by atoms with van der Waals surface area (Å²) in [6.07, 6.45) is 0. The number of rotatable bonds is 2. The first-order valence-corrected chi connectivity index (χ1v) is 8.26. The molecule has 0 atom stereocenters. The van der Waals surface area contributed by atoms with Crippen LogP contribution >= 0.6 is 11.6 Å². The monoisotopic (exact) mass is 326 g/mol. The van der Waals surface area contributed by atoms with E-state index in [-0.39, 0.29) is 0 Å². The standard InChI is InChI=1S/C18H19ClN4/c1-22-8-10-23(11-9-22)15-6-7-16-17(12-15)21-18(20-16)13-2-4-14(19)5-3-13/h2-7,12H,8-11H2,1H3,(H,20,21). The van der Waals surface area contributed by atoms with Crippen LogP contribution < -0.4 is 4.90 Å². The minimum Gasteiger partial charge on any atom is -0.369 e. The number of halogens is 1. The largest absolute Gasteiger partial charge is 0.369 e. The molecule has 4 nitrogen and oxygen atoms in total. The third kappa shape index (κ3) is 2.92. The van der Waals surface area contributed by atoms with Gasteiger partial charge >= 0.3 is 0 Å². The SMILES string of the molecule is CN1CCN(c2ccc3nc(-c4ccc(Cl)cc4)[nH]c3c2)CC1. The molecule has 118 valence electrons. The Kier molecular flexibility index (Phi) is 3.71. The van der Waals surface area contributed by atoms with E-state index in [1.165, 1.54) is 5.69 Å². The van der Waals surface area contributed by atoms with Gasteiger partial charge in [-0.3, -0.25) is 0 Å². The number of anilines is 1. The van der Waals surface area contributed by atoms with E-state index in [0.29, 0.717) is 0 Å². The zero-order chi connectivity index (χ0) is 15.8. The first kappa shape index (κ1) is 14.5. The number of nitrogens with zero attached hydrogens (tertiary/aromatic N) is 3. The van der Waals surface area contributed by atoms with Gasteiger partial charge in [-0.15, -0.1) is 0 Å². The lowest BCUT2D eigenvalue weighted by molar-refractivity contribution is 0.313. The molecule has 1 aliphatic heterocycles. The average Bonchev–Trinajstić information content (AvgIpc) is 2.99. The molecule has 1 aromatic heterocycles. The molecule has 1 saturated heterocycles. The molecule has 0 aliphatic carbocycles. The van der Waals surface area contributed by atoms with Crippen LogP contribution in [0.4, 0.5) is 5.69 Å². The van der Waals surface area contributed by atoms with Crippen LogP contribution in [0, 0.1) is 0 Å². The van der Waals surface area contributed by atoms with E-state index >= 15 is 0 Å². The van der Waals surface area contributed by atoms with Crippen LogP contribution in [0.3, 0.4) is 0 Å². The summed E-state index contributed by atoms with van der Waals surface area (Å²) in [5.74, 6) is 0.882. The van der Waals surface area contributed by atoms with Crippen molar-refractivity contribution in [3.63, 3.8) is 0 Å². The van der Waals surface area contributed by atoms with Gasteiger partial charge in [-0.1, -0.05) is 11.6 Å². The van der Waals surface area contributed by atoms with Crippen LogP contribution in [0.1, 0.15) is 0 Å². The molecular formula is C18H19ClN4. The van der Waals surface area contributed by atoms with Crippen molar-refractivity contribution in [3.8, 4) is 11.4 Å². The summed E-state index contributed by atoms with van der Waals surface area (Å²) in [5, 5.41) is 0.738. The number of piperazine rings is 1. The Morgan fingerprint density at radius 3 is 2.48 bits per heavy atom. The Balaban J connectivity index is 1.65. The van der Waals surface area contributed by atoms with Crippen molar-refractivity contribution < 1.29 is 0 Å². The van der Waals surface area contributed by atoms with Gasteiger partial charge in [-0.25, -0.2) is 4.98 Å². The molecule has 2 heterocycles. The summed E-state index contributed by atoms with van der Waals surface area (Å²) in [6.45, 7) is 4.36. The van der Waals surface area contributed by atoms with Crippen molar-refractivity contribution in [2.75, 3.05) is 38.1 Å². The van der Waals surface area contributed by atoms with Crippen molar-refractivity contribution >= 4 is 28.3 Å². The highest BCUT2D eigenvalue weighted by molar-refractivity contribution is 6.30. The third-order valence-electron chi connectivity index (χ3n) is 4.45. The number of aromatic nitrogens is 2. The Morgan fingerprint density at radius 2 is 1.74 bits per heavy atom. The van der Waals surface area contributed by atoms with Gasteiger partial charge in [0.1, 0.15) is 5.82 Å². The van der Waals surface area contributed by atoms with Crippen LogP contribution in [-0.4, -0.2) is 48.1 Å². The van der Waals surface area contributed by atoms with Gasteiger partial charge in [-0.2, -0.15) is 0 Å². The Hall–Kier alpha value is -2.04. The fourth-order valence-corrected chi connectivity index (χ4v) is 3.13. The summed E-state index contributed by atoms with van der Waals surface area (Å²) >= 11 is 5.96. The highest BCUT2D eigenvalue weighted by atomic mass is 35.5. The molecule has 23 heavy (non-hydrogen) atoms. The minimum absolute atomic E-state index is 0.738. The van der Waals surface area contributed by atoms with E-state index in [4.69, 9.17) is 11.6 Å². The number of hydrogen-bond donors (Lipinski definition) is 1. The van der Waals surface area contributed by atoms with Crippen molar-refractivity contribution in [1.82, 2.24) is 14.9 Å². The van der Waals surface area contributed by atoms with Gasteiger partial charge in [-0.05, 0) is 49.5 Å². The fourth-order valence-electron chi connectivity index (χ4n) is 3.00. The second-order valence-electron chi connectivity index (χ2n) is 6.08. The normalized spacial score (nSPS) is 16.2. The molecule has 0 bridgehead atoms. The summed E-state index contributed by atoms with van der Waals surface area (Å²) in [5.41, 5.74) is 4.38. The maximum atomic E-state index is 5.96. The predicted octanol–water partition coefficient (Wildman–Crippen LogP) is 3.64. The van der Waals surface area contributed by atoms with Crippen LogP contribution in [-0.2, 0) is 0 Å². The van der Waals surface area contributed by atoms with Crippen LogP contribution in [0.25, 0.3) is 22.4 Å². The van der Waals surface area contributed by atoms with Crippen LogP contribution in [0.5, 0.6) is 0 Å². The number of aromatic amines is 1. The topological polar surface area (TPSA) is 35.2 Å². The van der Waals surface area contributed by atoms with E-state index in [2.05, 4.69) is 45.0 Å². The second kappa shape index (κ2) is 5.87. The number of nitrogens with one attached hydrogen (secondary N) is 1. The van der Waals surface area contributed by atoms with Crippen molar-refractivity contribution in [2.45, 2.75) is 0 Å². The zero-order valence-electron chi connectivity index (χ0n) is 13.1. The molecule has 1 aliphatic rings. The van der Waals surface area contributed by atoms with Crippen LogP contribution in [0.2, 0.25) is 5.02 Å². The predicted molar refractivity (Wildman–Crippen MR) is 96.2 cm³/mol. The fraction of sp³-hybridized carbons (Fsp3) is 0.278. The number of likely N-dealkylation sites (N-methyl/N-ethyl adjacent to an activating group) is 1. The summed E-state index contributed by atoms with van der Waals surface area (Å²) in [7, 11) is 2.17. The lowest BCUT2D eigenvalue weighted by Crippen LogP contribution is -2.44. The molecular weight excluding hydrogens is 308 g/mol. The highest BCUT2D eigenvalue weighted by Crippen LogP contribution is 2.26. The second-order valence-corrected chi connectivity index (χ2v) is 6.52. The van der Waals surface area contributed by atoms with Crippen molar-refractivity contribution in [1.29, 1.82) is 0 Å². The lowest BCUT2D eigenvalue weighted by atomic mass is 10.2. The smallest absolute Gasteiger partial charge is 0.138 e. The van der Waals surface area contributed by atoms with E-state index in [1.54, 1.807) is 0 Å². The average molecular weight is 327 g/mol. The Morgan fingerprint density at radius 1 is 1.00 bits per heavy atom. The first-order chi connectivity index (χ1) is 11.2. The molecule has 1 N–H and O–H groups in total. The van der Waals surface area contributed by atoms with Gasteiger partial charge in [0.15, 0.2) is 0 Å². The Labute approximate surface area is 140 Å². The zero-order valence-corrected chi connectivity index (χ0v) is 13.8. The van der Waals surface area contributed by atoms with Crippen molar-refractivity contribution in [2.24, 2.45) is 0 Å². The summed E-state index contributed by atoms with van der Waals surface area (Å²) < 4.78 is 0. The van der Waals surface area contributed by atoms with E-state index < -0.39 is 0 Å². The Bertz CT molecular complexity index is 817. The molecule has 5 heteroatoms.